The van der Waals surface area contributed by atoms with Crippen LogP contribution in [0.2, 0.25) is 0 Å². The molecule has 0 bridgehead atoms. The van der Waals surface area contributed by atoms with Crippen LogP contribution in [0.15, 0.2) is 16.7 Å². The SMILES string of the molecule is CC(NC(=O)c1cc(Br)cnc1N)C1CCOC1. The van der Waals surface area contributed by atoms with Crippen LogP contribution < -0.4 is 11.1 Å². The number of nitrogens with zero attached hydrogens (tertiary/aromatic N) is 1. The standard InChI is InChI=1S/C12H16BrN3O2/c1-7(8-2-3-18-6-8)16-12(17)10-4-9(13)5-15-11(10)14/h4-5,7-8H,2-3,6H2,1H3,(H2,14,15)(H,16,17). The summed E-state index contributed by atoms with van der Waals surface area (Å²) in [5, 5.41) is 2.95. The minimum absolute atomic E-state index is 0.0679. The lowest BCUT2D eigenvalue weighted by molar-refractivity contribution is 0.0922. The normalized spacial score (nSPS) is 20.7. The van der Waals surface area contributed by atoms with E-state index in [0.29, 0.717) is 18.1 Å². The quantitative estimate of drug-likeness (QED) is 0.888. The summed E-state index contributed by atoms with van der Waals surface area (Å²) in [6.07, 6.45) is 2.55. The Balaban J connectivity index is 2.04. The number of nitrogens with two attached hydrogens (primary N) is 1. The molecular formula is C12H16BrN3O2. The van der Waals surface area contributed by atoms with E-state index in [0.717, 1.165) is 17.5 Å². The summed E-state index contributed by atoms with van der Waals surface area (Å²) in [5.41, 5.74) is 6.10. The van der Waals surface area contributed by atoms with Gasteiger partial charge >= 0.3 is 0 Å². The first-order valence-corrected chi connectivity index (χ1v) is 6.67. The van der Waals surface area contributed by atoms with Gasteiger partial charge in [0.2, 0.25) is 0 Å². The minimum atomic E-state index is -0.194. The average molecular weight is 314 g/mol. The van der Waals surface area contributed by atoms with Gasteiger partial charge in [-0.15, -0.1) is 0 Å². The Morgan fingerprint density at radius 1 is 1.72 bits per heavy atom. The number of hydrogen-bond donors (Lipinski definition) is 2. The van der Waals surface area contributed by atoms with Crippen LogP contribution >= 0.6 is 15.9 Å². The number of ether oxygens (including phenoxy) is 1. The van der Waals surface area contributed by atoms with Crippen molar-refractivity contribution in [2.24, 2.45) is 5.92 Å². The van der Waals surface area contributed by atoms with E-state index in [2.05, 4.69) is 26.2 Å². The summed E-state index contributed by atoms with van der Waals surface area (Å²) in [6, 6.07) is 1.74. The number of pyridine rings is 1. The fourth-order valence-electron chi connectivity index (χ4n) is 1.98. The molecule has 1 aromatic rings. The van der Waals surface area contributed by atoms with Crippen LogP contribution in [0.3, 0.4) is 0 Å². The highest BCUT2D eigenvalue weighted by atomic mass is 79.9. The lowest BCUT2D eigenvalue weighted by Crippen LogP contribution is -2.38. The third-order valence-electron chi connectivity index (χ3n) is 3.16. The highest BCUT2D eigenvalue weighted by molar-refractivity contribution is 9.10. The first kappa shape index (κ1) is 13.3. The molecule has 5 nitrogen and oxygen atoms in total. The zero-order valence-corrected chi connectivity index (χ0v) is 11.7. The van der Waals surface area contributed by atoms with Crippen molar-refractivity contribution in [1.29, 1.82) is 0 Å². The molecule has 1 aromatic heterocycles. The van der Waals surface area contributed by atoms with Crippen LogP contribution in [0.25, 0.3) is 0 Å². The highest BCUT2D eigenvalue weighted by Gasteiger charge is 2.24. The van der Waals surface area contributed by atoms with Gasteiger partial charge in [-0.05, 0) is 35.3 Å². The predicted octanol–water partition coefficient (Wildman–Crippen LogP) is 1.58. The molecule has 18 heavy (non-hydrogen) atoms. The van der Waals surface area contributed by atoms with Gasteiger partial charge in [0.25, 0.3) is 5.91 Å². The van der Waals surface area contributed by atoms with E-state index in [1.165, 1.54) is 0 Å². The number of hydrogen-bond acceptors (Lipinski definition) is 4. The van der Waals surface area contributed by atoms with Crippen molar-refractivity contribution in [3.63, 3.8) is 0 Å². The van der Waals surface area contributed by atoms with Crippen LogP contribution in [0.1, 0.15) is 23.7 Å². The smallest absolute Gasteiger partial charge is 0.255 e. The molecule has 0 radical (unpaired) electrons. The van der Waals surface area contributed by atoms with Crippen molar-refractivity contribution in [2.75, 3.05) is 18.9 Å². The molecule has 98 valence electrons. The maximum atomic E-state index is 12.1. The Hall–Kier alpha value is -1.14. The number of aromatic nitrogens is 1. The highest BCUT2D eigenvalue weighted by Crippen LogP contribution is 2.19. The van der Waals surface area contributed by atoms with Crippen molar-refractivity contribution in [3.8, 4) is 0 Å². The van der Waals surface area contributed by atoms with Gasteiger partial charge < -0.3 is 15.8 Å². The molecule has 1 aliphatic heterocycles. The van der Waals surface area contributed by atoms with Crippen LogP contribution in [0.5, 0.6) is 0 Å². The van der Waals surface area contributed by atoms with Gasteiger partial charge in [0.05, 0.1) is 12.2 Å². The maximum Gasteiger partial charge on any atom is 0.255 e. The van der Waals surface area contributed by atoms with Crippen molar-refractivity contribution in [2.45, 2.75) is 19.4 Å². The molecule has 2 atom stereocenters. The van der Waals surface area contributed by atoms with Crippen molar-refractivity contribution in [1.82, 2.24) is 10.3 Å². The number of anilines is 1. The third kappa shape index (κ3) is 3.00. The summed E-state index contributed by atoms with van der Waals surface area (Å²) in [7, 11) is 0. The number of carbonyl (C=O) groups is 1. The molecule has 1 amide bonds. The van der Waals surface area contributed by atoms with E-state index in [4.69, 9.17) is 10.5 Å². The number of amides is 1. The van der Waals surface area contributed by atoms with Gasteiger partial charge in [-0.3, -0.25) is 4.79 Å². The third-order valence-corrected chi connectivity index (χ3v) is 3.59. The monoisotopic (exact) mass is 313 g/mol. The number of nitrogens with one attached hydrogen (secondary N) is 1. The first-order valence-electron chi connectivity index (χ1n) is 5.87. The summed E-state index contributed by atoms with van der Waals surface area (Å²) in [5.74, 6) is 0.418. The lowest BCUT2D eigenvalue weighted by Gasteiger charge is -2.19. The summed E-state index contributed by atoms with van der Waals surface area (Å²) in [4.78, 5) is 16.0. The number of halogens is 1. The van der Waals surface area contributed by atoms with Crippen molar-refractivity contribution in [3.05, 3.63) is 22.3 Å². The topological polar surface area (TPSA) is 77.2 Å². The van der Waals surface area contributed by atoms with Crippen LogP contribution in [-0.2, 0) is 4.74 Å². The van der Waals surface area contributed by atoms with E-state index in [1.54, 1.807) is 12.3 Å². The van der Waals surface area contributed by atoms with Crippen LogP contribution in [-0.4, -0.2) is 30.1 Å². The van der Waals surface area contributed by atoms with E-state index in [1.807, 2.05) is 6.92 Å². The Bertz CT molecular complexity index is 447. The molecule has 2 heterocycles. The molecule has 1 aliphatic rings. The molecule has 2 rings (SSSR count). The van der Waals surface area contributed by atoms with E-state index in [9.17, 15) is 4.79 Å². The van der Waals surface area contributed by atoms with E-state index < -0.39 is 0 Å². The molecule has 6 heteroatoms. The first-order chi connectivity index (χ1) is 8.58. The summed E-state index contributed by atoms with van der Waals surface area (Å²) < 4.78 is 6.05. The Morgan fingerprint density at radius 3 is 3.17 bits per heavy atom. The van der Waals surface area contributed by atoms with Gasteiger partial charge in [0, 0.05) is 29.2 Å². The lowest BCUT2D eigenvalue weighted by atomic mass is 10.0. The van der Waals surface area contributed by atoms with Crippen LogP contribution in [0, 0.1) is 5.92 Å². The van der Waals surface area contributed by atoms with Gasteiger partial charge in [-0.25, -0.2) is 4.98 Å². The fraction of sp³-hybridized carbons (Fsp3) is 0.500. The van der Waals surface area contributed by atoms with Crippen molar-refractivity contribution >= 4 is 27.7 Å². The zero-order chi connectivity index (χ0) is 13.1. The number of nitrogen functional groups attached to an aromatic ring is 1. The molecule has 2 unspecified atom stereocenters. The van der Waals surface area contributed by atoms with Crippen LogP contribution in [0.4, 0.5) is 5.82 Å². The average Bonchev–Trinajstić information content (AvgIpc) is 2.85. The maximum absolute atomic E-state index is 12.1. The fourth-order valence-corrected chi connectivity index (χ4v) is 2.31. The van der Waals surface area contributed by atoms with Gasteiger partial charge in [-0.1, -0.05) is 0 Å². The molecular weight excluding hydrogens is 298 g/mol. The zero-order valence-electron chi connectivity index (χ0n) is 10.1. The molecule has 3 N–H and O–H groups in total. The summed E-state index contributed by atoms with van der Waals surface area (Å²) >= 11 is 3.28. The van der Waals surface area contributed by atoms with Crippen molar-refractivity contribution < 1.29 is 9.53 Å². The second-order valence-corrected chi connectivity index (χ2v) is 5.39. The molecule has 0 spiro atoms. The predicted molar refractivity (Wildman–Crippen MR) is 72.2 cm³/mol. The minimum Gasteiger partial charge on any atom is -0.383 e. The van der Waals surface area contributed by atoms with Gasteiger partial charge in [0.15, 0.2) is 0 Å². The number of rotatable bonds is 3. The van der Waals surface area contributed by atoms with Gasteiger partial charge in [-0.2, -0.15) is 0 Å². The molecule has 1 fully saturated rings. The Labute approximate surface area is 114 Å². The Kier molecular flexibility index (Phi) is 4.19. The van der Waals surface area contributed by atoms with Gasteiger partial charge in [0.1, 0.15) is 5.82 Å². The van der Waals surface area contributed by atoms with E-state index >= 15 is 0 Å². The molecule has 1 saturated heterocycles. The largest absolute Gasteiger partial charge is 0.383 e. The second-order valence-electron chi connectivity index (χ2n) is 4.47. The summed E-state index contributed by atoms with van der Waals surface area (Å²) in [6.45, 7) is 3.46. The second kappa shape index (κ2) is 5.67. The van der Waals surface area contributed by atoms with E-state index in [-0.39, 0.29) is 17.8 Å². The molecule has 0 saturated carbocycles. The Morgan fingerprint density at radius 2 is 2.50 bits per heavy atom. The molecule has 0 aromatic carbocycles. The molecule has 0 aliphatic carbocycles. The number of carbonyl (C=O) groups excluding carboxylic acids is 1.